The van der Waals surface area contributed by atoms with Gasteiger partial charge in [0.1, 0.15) is 5.78 Å². The molecule has 0 bridgehead atoms. The second-order valence-electron chi connectivity index (χ2n) is 4.41. The summed E-state index contributed by atoms with van der Waals surface area (Å²) in [6.45, 7) is 1.89. The van der Waals surface area contributed by atoms with Gasteiger partial charge in [-0.25, -0.2) is 0 Å². The van der Waals surface area contributed by atoms with E-state index in [1.165, 1.54) is 12.1 Å². The van der Waals surface area contributed by atoms with Gasteiger partial charge in [0.2, 0.25) is 0 Å². The van der Waals surface area contributed by atoms with Gasteiger partial charge >= 0.3 is 6.18 Å². The minimum Gasteiger partial charge on any atom is -0.299 e. The molecule has 1 aromatic rings. The lowest BCUT2D eigenvalue weighted by Gasteiger charge is -2.35. The number of alkyl halides is 3. The molecule has 2 atom stereocenters. The number of carbonyl (C=O) groups is 1. The molecule has 0 aromatic heterocycles. The van der Waals surface area contributed by atoms with Gasteiger partial charge in [-0.2, -0.15) is 13.2 Å². The molecule has 0 amide bonds. The molecule has 4 heteroatoms. The smallest absolute Gasteiger partial charge is 0.299 e. The van der Waals surface area contributed by atoms with Crippen molar-refractivity contribution in [1.29, 1.82) is 0 Å². The van der Waals surface area contributed by atoms with Crippen LogP contribution in [0.2, 0.25) is 0 Å². The van der Waals surface area contributed by atoms with Crippen molar-refractivity contribution in [2.75, 3.05) is 0 Å². The molecule has 1 aliphatic carbocycles. The average molecular weight is 242 g/mol. The van der Waals surface area contributed by atoms with E-state index in [1.54, 1.807) is 6.07 Å². The fourth-order valence-corrected chi connectivity index (χ4v) is 2.38. The summed E-state index contributed by atoms with van der Waals surface area (Å²) in [5, 5.41) is 0. The monoisotopic (exact) mass is 242 g/mol. The van der Waals surface area contributed by atoms with Crippen LogP contribution in [0.1, 0.15) is 36.8 Å². The standard InChI is InChI=1S/C13H13F3O/c1-2-10-11(7-12(10)17)8-4-3-5-9(6-8)13(14,15)16/h3-6,10-11H,2,7H2,1H3. The normalized spacial score (nSPS) is 24.6. The van der Waals surface area contributed by atoms with E-state index in [0.717, 1.165) is 6.07 Å². The molecule has 1 aromatic carbocycles. The molecule has 2 rings (SSSR count). The van der Waals surface area contributed by atoms with E-state index in [1.807, 2.05) is 6.92 Å². The van der Waals surface area contributed by atoms with Crippen LogP contribution >= 0.6 is 0 Å². The lowest BCUT2D eigenvalue weighted by Crippen LogP contribution is -2.34. The van der Waals surface area contributed by atoms with Crippen LogP contribution in [-0.4, -0.2) is 5.78 Å². The Hall–Kier alpha value is -1.32. The first-order chi connectivity index (χ1) is 7.93. The summed E-state index contributed by atoms with van der Waals surface area (Å²) >= 11 is 0. The van der Waals surface area contributed by atoms with Crippen LogP contribution in [-0.2, 0) is 11.0 Å². The van der Waals surface area contributed by atoms with Gasteiger partial charge in [0.05, 0.1) is 5.56 Å². The molecular weight excluding hydrogens is 229 g/mol. The average Bonchev–Trinajstić information content (AvgIpc) is 2.25. The van der Waals surface area contributed by atoms with E-state index in [-0.39, 0.29) is 17.6 Å². The van der Waals surface area contributed by atoms with Crippen molar-refractivity contribution in [2.24, 2.45) is 5.92 Å². The van der Waals surface area contributed by atoms with E-state index in [2.05, 4.69) is 0 Å². The zero-order valence-electron chi connectivity index (χ0n) is 9.42. The first-order valence-electron chi connectivity index (χ1n) is 5.63. The number of ketones is 1. The van der Waals surface area contributed by atoms with Crippen molar-refractivity contribution in [2.45, 2.75) is 31.9 Å². The van der Waals surface area contributed by atoms with Crippen LogP contribution < -0.4 is 0 Å². The molecule has 0 saturated heterocycles. The summed E-state index contributed by atoms with van der Waals surface area (Å²) in [6, 6.07) is 5.31. The SMILES string of the molecule is CCC1C(=O)CC1c1cccc(C(F)(F)F)c1. The molecule has 0 N–H and O–H groups in total. The van der Waals surface area contributed by atoms with Crippen LogP contribution in [0.15, 0.2) is 24.3 Å². The van der Waals surface area contributed by atoms with Gasteiger partial charge < -0.3 is 0 Å². The highest BCUT2D eigenvalue weighted by molar-refractivity contribution is 5.89. The lowest BCUT2D eigenvalue weighted by atomic mass is 9.67. The molecule has 0 heterocycles. The summed E-state index contributed by atoms with van der Waals surface area (Å²) in [5.74, 6) is 0.0307. The van der Waals surface area contributed by atoms with Gasteiger partial charge in [-0.15, -0.1) is 0 Å². The maximum Gasteiger partial charge on any atom is 0.416 e. The zero-order chi connectivity index (χ0) is 12.6. The minimum atomic E-state index is -4.31. The molecule has 17 heavy (non-hydrogen) atoms. The molecule has 1 nitrogen and oxygen atoms in total. The highest BCUT2D eigenvalue weighted by Gasteiger charge is 2.40. The first kappa shape index (κ1) is 12.1. The van der Waals surface area contributed by atoms with Crippen LogP contribution in [0.3, 0.4) is 0 Å². The fourth-order valence-electron chi connectivity index (χ4n) is 2.38. The Bertz CT molecular complexity index is 437. The summed E-state index contributed by atoms with van der Waals surface area (Å²) in [4.78, 5) is 11.3. The van der Waals surface area contributed by atoms with E-state index < -0.39 is 11.7 Å². The molecule has 2 unspecified atom stereocenters. The Morgan fingerprint density at radius 3 is 2.59 bits per heavy atom. The number of carbonyl (C=O) groups excluding carboxylic acids is 1. The highest BCUT2D eigenvalue weighted by atomic mass is 19.4. The second-order valence-corrected chi connectivity index (χ2v) is 4.41. The Balaban J connectivity index is 2.26. The third-order valence-electron chi connectivity index (χ3n) is 3.40. The number of rotatable bonds is 2. The third kappa shape index (κ3) is 2.21. The molecule has 0 radical (unpaired) electrons. The summed E-state index contributed by atoms with van der Waals surface area (Å²) in [7, 11) is 0. The Labute approximate surface area is 97.6 Å². The number of hydrogen-bond donors (Lipinski definition) is 0. The van der Waals surface area contributed by atoms with E-state index >= 15 is 0 Å². The largest absolute Gasteiger partial charge is 0.416 e. The van der Waals surface area contributed by atoms with Crippen molar-refractivity contribution in [1.82, 2.24) is 0 Å². The van der Waals surface area contributed by atoms with Crippen LogP contribution in [0.25, 0.3) is 0 Å². The van der Waals surface area contributed by atoms with Crippen molar-refractivity contribution in [3.63, 3.8) is 0 Å². The van der Waals surface area contributed by atoms with Gasteiger partial charge in [-0.05, 0) is 18.1 Å². The van der Waals surface area contributed by atoms with E-state index in [0.29, 0.717) is 18.4 Å². The molecule has 92 valence electrons. The van der Waals surface area contributed by atoms with Crippen molar-refractivity contribution >= 4 is 5.78 Å². The second kappa shape index (κ2) is 4.17. The predicted molar refractivity (Wildman–Crippen MR) is 57.6 cm³/mol. The first-order valence-corrected chi connectivity index (χ1v) is 5.63. The highest BCUT2D eigenvalue weighted by Crippen LogP contribution is 2.42. The Kier molecular flexibility index (Phi) is 2.98. The Morgan fingerprint density at radius 2 is 2.06 bits per heavy atom. The quantitative estimate of drug-likeness (QED) is 0.771. The topological polar surface area (TPSA) is 17.1 Å². The molecule has 0 spiro atoms. The van der Waals surface area contributed by atoms with Crippen LogP contribution in [0.5, 0.6) is 0 Å². The number of benzene rings is 1. The van der Waals surface area contributed by atoms with E-state index in [4.69, 9.17) is 0 Å². The van der Waals surface area contributed by atoms with Crippen LogP contribution in [0.4, 0.5) is 13.2 Å². The van der Waals surface area contributed by atoms with E-state index in [9.17, 15) is 18.0 Å². The molecule has 0 aliphatic heterocycles. The van der Waals surface area contributed by atoms with Crippen molar-refractivity contribution in [3.8, 4) is 0 Å². The summed E-state index contributed by atoms with van der Waals surface area (Å²) < 4.78 is 37.6. The molecule has 1 fully saturated rings. The summed E-state index contributed by atoms with van der Waals surface area (Å²) in [6.07, 6.45) is -3.24. The van der Waals surface area contributed by atoms with Crippen LogP contribution in [0, 0.1) is 5.92 Å². The third-order valence-corrected chi connectivity index (χ3v) is 3.40. The fraction of sp³-hybridized carbons (Fsp3) is 0.462. The molecular formula is C13H13F3O. The van der Waals surface area contributed by atoms with Gasteiger partial charge in [-0.1, -0.05) is 25.1 Å². The van der Waals surface area contributed by atoms with Gasteiger partial charge in [-0.3, -0.25) is 4.79 Å². The number of halogens is 3. The summed E-state index contributed by atoms with van der Waals surface area (Å²) in [5.41, 5.74) is -0.00419. The Morgan fingerprint density at radius 1 is 1.35 bits per heavy atom. The van der Waals surface area contributed by atoms with Gasteiger partial charge in [0, 0.05) is 18.3 Å². The molecule has 1 aliphatic rings. The van der Waals surface area contributed by atoms with Gasteiger partial charge in [0.15, 0.2) is 0 Å². The molecule has 1 saturated carbocycles. The maximum absolute atomic E-state index is 12.5. The van der Waals surface area contributed by atoms with Crippen molar-refractivity contribution in [3.05, 3.63) is 35.4 Å². The number of hydrogen-bond acceptors (Lipinski definition) is 1. The zero-order valence-corrected chi connectivity index (χ0v) is 9.42. The maximum atomic E-state index is 12.5. The van der Waals surface area contributed by atoms with Gasteiger partial charge in [0.25, 0.3) is 0 Å². The predicted octanol–water partition coefficient (Wildman–Crippen LogP) is 3.79. The minimum absolute atomic E-state index is 0.0326. The lowest BCUT2D eigenvalue weighted by molar-refractivity contribution is -0.137. The van der Waals surface area contributed by atoms with Crippen molar-refractivity contribution < 1.29 is 18.0 Å². The number of Topliss-reactive ketones (excluding diaryl/α,β-unsaturated/α-hetero) is 1.